The molecule has 1 saturated heterocycles. The van der Waals surface area contributed by atoms with Crippen LogP contribution in [0, 0.1) is 11.8 Å². The molecule has 2 atom stereocenters. The van der Waals surface area contributed by atoms with E-state index in [0.717, 1.165) is 48.6 Å². The molecule has 0 spiro atoms. The highest BCUT2D eigenvalue weighted by Crippen LogP contribution is 2.47. The van der Waals surface area contributed by atoms with Gasteiger partial charge in [-0.1, -0.05) is 0 Å². The molecule has 1 N–H and O–H groups in total. The van der Waals surface area contributed by atoms with E-state index in [1.807, 2.05) is 19.2 Å². The Balaban J connectivity index is 1.43. The monoisotopic (exact) mass is 357 g/mol. The summed E-state index contributed by atoms with van der Waals surface area (Å²) in [6.45, 7) is 6.07. The Morgan fingerprint density at radius 1 is 1.27 bits per heavy atom. The first-order valence-electron chi connectivity index (χ1n) is 9.47. The van der Waals surface area contributed by atoms with Crippen LogP contribution in [0.4, 0.5) is 0 Å². The minimum absolute atomic E-state index is 0.395. The van der Waals surface area contributed by atoms with Crippen LogP contribution in [-0.2, 0) is 17.9 Å². The number of nitrogens with zero attached hydrogens (tertiary/aromatic N) is 4. The number of rotatable bonds is 8. The molecule has 2 aromatic rings. The standard InChI is InChI=1S/C19H27N5O2/c1-3-26-15-7-6-14(20-8-15)9-24-10-16(13-4-5-13)17(11-24)19-21-18(12-25-2)22-23-19/h6-8,13,16-17H,3-5,9-12H2,1-2H3,(H,21,22,23)/t16-,17+/m1/s1. The predicted molar refractivity (Wildman–Crippen MR) is 96.7 cm³/mol. The summed E-state index contributed by atoms with van der Waals surface area (Å²) in [5, 5.41) is 7.49. The number of aromatic amines is 1. The van der Waals surface area contributed by atoms with E-state index in [2.05, 4.69) is 31.1 Å². The first-order valence-corrected chi connectivity index (χ1v) is 9.47. The number of hydrogen-bond donors (Lipinski definition) is 1. The summed E-state index contributed by atoms with van der Waals surface area (Å²) in [5.41, 5.74) is 1.08. The van der Waals surface area contributed by atoms with Gasteiger partial charge in [0.25, 0.3) is 0 Å². The van der Waals surface area contributed by atoms with Crippen molar-refractivity contribution in [2.75, 3.05) is 26.8 Å². The van der Waals surface area contributed by atoms with Crippen molar-refractivity contribution < 1.29 is 9.47 Å². The number of ether oxygens (including phenoxy) is 2. The second kappa shape index (κ2) is 7.72. The van der Waals surface area contributed by atoms with E-state index in [1.54, 1.807) is 7.11 Å². The normalized spacial score (nSPS) is 23.5. The van der Waals surface area contributed by atoms with Crippen LogP contribution in [0.15, 0.2) is 18.3 Å². The van der Waals surface area contributed by atoms with Crippen LogP contribution < -0.4 is 4.74 Å². The van der Waals surface area contributed by atoms with Gasteiger partial charge in [0.2, 0.25) is 0 Å². The zero-order chi connectivity index (χ0) is 17.9. The number of hydrogen-bond acceptors (Lipinski definition) is 6. The molecule has 1 saturated carbocycles. The van der Waals surface area contributed by atoms with Crippen molar-refractivity contribution in [2.24, 2.45) is 11.8 Å². The first kappa shape index (κ1) is 17.4. The third-order valence-corrected chi connectivity index (χ3v) is 5.32. The summed E-state index contributed by atoms with van der Waals surface area (Å²) >= 11 is 0. The molecule has 7 nitrogen and oxygen atoms in total. The molecule has 0 aromatic carbocycles. The zero-order valence-corrected chi connectivity index (χ0v) is 15.5. The van der Waals surface area contributed by atoms with E-state index in [0.29, 0.717) is 25.0 Å². The average molecular weight is 357 g/mol. The summed E-state index contributed by atoms with van der Waals surface area (Å²) in [6, 6.07) is 4.07. The third-order valence-electron chi connectivity index (χ3n) is 5.32. The quantitative estimate of drug-likeness (QED) is 0.782. The van der Waals surface area contributed by atoms with Crippen molar-refractivity contribution in [1.29, 1.82) is 0 Å². The highest BCUT2D eigenvalue weighted by molar-refractivity contribution is 5.20. The van der Waals surface area contributed by atoms with Gasteiger partial charge >= 0.3 is 0 Å². The molecule has 2 aromatic heterocycles. The molecule has 0 radical (unpaired) electrons. The fourth-order valence-corrected chi connectivity index (χ4v) is 3.98. The smallest absolute Gasteiger partial charge is 0.155 e. The molecular formula is C19H27N5O2. The van der Waals surface area contributed by atoms with Crippen LogP contribution in [0.25, 0.3) is 0 Å². The number of aromatic nitrogens is 4. The van der Waals surface area contributed by atoms with E-state index >= 15 is 0 Å². The van der Waals surface area contributed by atoms with Gasteiger partial charge in [-0.05, 0) is 43.7 Å². The summed E-state index contributed by atoms with van der Waals surface area (Å²) in [4.78, 5) is 11.7. The van der Waals surface area contributed by atoms with Gasteiger partial charge in [-0.3, -0.25) is 15.0 Å². The molecule has 140 valence electrons. The van der Waals surface area contributed by atoms with E-state index in [-0.39, 0.29) is 0 Å². The van der Waals surface area contributed by atoms with Crippen molar-refractivity contribution in [3.8, 4) is 5.75 Å². The topological polar surface area (TPSA) is 76.2 Å². The molecule has 0 unspecified atom stereocenters. The van der Waals surface area contributed by atoms with Gasteiger partial charge in [0.15, 0.2) is 11.6 Å². The molecule has 0 bridgehead atoms. The predicted octanol–water partition coefficient (Wildman–Crippen LogP) is 2.37. The highest BCUT2D eigenvalue weighted by Gasteiger charge is 2.44. The number of likely N-dealkylation sites (tertiary alicyclic amines) is 1. The molecule has 2 fully saturated rings. The van der Waals surface area contributed by atoms with Crippen LogP contribution in [-0.4, -0.2) is 51.9 Å². The summed E-state index contributed by atoms with van der Waals surface area (Å²) in [5.74, 6) is 4.44. The Kier molecular flexibility index (Phi) is 5.17. The van der Waals surface area contributed by atoms with Crippen LogP contribution in [0.2, 0.25) is 0 Å². The van der Waals surface area contributed by atoms with E-state index in [1.165, 1.54) is 12.8 Å². The van der Waals surface area contributed by atoms with Gasteiger partial charge in [-0.15, -0.1) is 0 Å². The Morgan fingerprint density at radius 3 is 2.85 bits per heavy atom. The van der Waals surface area contributed by atoms with Crippen molar-refractivity contribution >= 4 is 0 Å². The Labute approximate surface area is 154 Å². The minimum atomic E-state index is 0.395. The Hall–Kier alpha value is -1.99. The lowest BCUT2D eigenvalue weighted by molar-refractivity contribution is 0.178. The lowest BCUT2D eigenvalue weighted by Crippen LogP contribution is -2.21. The van der Waals surface area contributed by atoms with Gasteiger partial charge in [-0.2, -0.15) is 5.10 Å². The molecule has 26 heavy (non-hydrogen) atoms. The van der Waals surface area contributed by atoms with Gasteiger partial charge in [0.05, 0.1) is 18.5 Å². The maximum Gasteiger partial charge on any atom is 0.155 e. The number of H-pyrrole nitrogens is 1. The first-order chi connectivity index (χ1) is 12.8. The van der Waals surface area contributed by atoms with Gasteiger partial charge in [0, 0.05) is 32.7 Å². The van der Waals surface area contributed by atoms with Crippen LogP contribution in [0.5, 0.6) is 5.75 Å². The van der Waals surface area contributed by atoms with E-state index in [9.17, 15) is 0 Å². The average Bonchev–Trinajstić information content (AvgIpc) is 3.24. The third kappa shape index (κ3) is 3.88. The number of nitrogens with one attached hydrogen (secondary N) is 1. The van der Waals surface area contributed by atoms with Crippen molar-refractivity contribution in [3.05, 3.63) is 35.7 Å². The number of pyridine rings is 1. The minimum Gasteiger partial charge on any atom is -0.492 e. The van der Waals surface area contributed by atoms with Gasteiger partial charge in [0.1, 0.15) is 12.4 Å². The van der Waals surface area contributed by atoms with E-state index in [4.69, 9.17) is 9.47 Å². The van der Waals surface area contributed by atoms with Crippen molar-refractivity contribution in [2.45, 2.75) is 38.8 Å². The number of methoxy groups -OCH3 is 1. The molecule has 2 aliphatic rings. The zero-order valence-electron chi connectivity index (χ0n) is 15.5. The molecule has 0 amide bonds. The van der Waals surface area contributed by atoms with E-state index < -0.39 is 0 Å². The summed E-state index contributed by atoms with van der Waals surface area (Å²) in [6.07, 6.45) is 4.49. The summed E-state index contributed by atoms with van der Waals surface area (Å²) in [7, 11) is 1.68. The van der Waals surface area contributed by atoms with Crippen LogP contribution >= 0.6 is 0 Å². The molecular weight excluding hydrogens is 330 g/mol. The maximum absolute atomic E-state index is 5.48. The van der Waals surface area contributed by atoms with Gasteiger partial charge in [-0.25, -0.2) is 4.98 Å². The largest absolute Gasteiger partial charge is 0.492 e. The summed E-state index contributed by atoms with van der Waals surface area (Å²) < 4.78 is 10.6. The Bertz CT molecular complexity index is 713. The fraction of sp³-hybridized carbons (Fsp3) is 0.632. The highest BCUT2D eigenvalue weighted by atomic mass is 16.5. The molecule has 3 heterocycles. The van der Waals surface area contributed by atoms with Crippen LogP contribution in [0.3, 0.4) is 0 Å². The molecule has 7 heteroatoms. The Morgan fingerprint density at radius 2 is 2.15 bits per heavy atom. The molecule has 4 rings (SSSR count). The molecule has 1 aliphatic carbocycles. The van der Waals surface area contributed by atoms with Crippen molar-refractivity contribution in [1.82, 2.24) is 25.1 Å². The lowest BCUT2D eigenvalue weighted by Gasteiger charge is -2.15. The molecule has 1 aliphatic heterocycles. The lowest BCUT2D eigenvalue weighted by atomic mass is 9.91. The second-order valence-electron chi connectivity index (χ2n) is 7.29. The van der Waals surface area contributed by atoms with Gasteiger partial charge < -0.3 is 9.47 Å². The maximum atomic E-state index is 5.48. The van der Waals surface area contributed by atoms with Crippen LogP contribution in [0.1, 0.15) is 43.0 Å². The SMILES string of the molecule is CCOc1ccc(CN2C[C@H](c3n[nH]c(COC)n3)[C@@H](C3CC3)C2)nc1. The second-order valence-corrected chi connectivity index (χ2v) is 7.29. The fourth-order valence-electron chi connectivity index (χ4n) is 3.98. The van der Waals surface area contributed by atoms with Crippen molar-refractivity contribution in [3.63, 3.8) is 0 Å².